The van der Waals surface area contributed by atoms with Gasteiger partial charge in [-0.3, -0.25) is 10.1 Å². The topological polar surface area (TPSA) is 77.3 Å². The highest BCUT2D eigenvalue weighted by Crippen LogP contribution is 2.32. The van der Waals surface area contributed by atoms with Crippen LogP contribution in [0, 0.1) is 17.0 Å². The Hall–Kier alpha value is -2.15. The summed E-state index contributed by atoms with van der Waals surface area (Å²) in [5.41, 5.74) is 0.801. The lowest BCUT2D eigenvalue weighted by Crippen LogP contribution is -2.02. The molecule has 6 nitrogen and oxygen atoms in total. The van der Waals surface area contributed by atoms with Crippen molar-refractivity contribution in [1.82, 2.24) is 4.98 Å². The molecule has 0 aliphatic heterocycles. The Morgan fingerprint density at radius 2 is 2.14 bits per heavy atom. The maximum Gasteiger partial charge on any atom is 0.331 e. The number of aryl methyl sites for hydroxylation is 1. The number of nitro groups is 1. The number of ether oxygens (including phenoxy) is 1. The number of nitrogens with one attached hydrogen (secondary N) is 1. The fourth-order valence-corrected chi connectivity index (χ4v) is 1.97. The molecule has 0 bridgehead atoms. The lowest BCUT2D eigenvalue weighted by Gasteiger charge is -2.09. The first-order valence-electron chi connectivity index (χ1n) is 6.34. The predicted molar refractivity (Wildman–Crippen MR) is 84.0 cm³/mol. The molecule has 0 saturated carbocycles. The molecule has 0 unspecified atom stereocenters. The Labute approximate surface area is 130 Å². The van der Waals surface area contributed by atoms with Gasteiger partial charge < -0.3 is 10.1 Å². The molecule has 1 aromatic heterocycles. The largest absolute Gasteiger partial charge is 0.434 e. The maximum atomic E-state index is 11.1. The van der Waals surface area contributed by atoms with Gasteiger partial charge >= 0.3 is 11.6 Å². The molecule has 0 amide bonds. The molecule has 1 heterocycles. The smallest absolute Gasteiger partial charge is 0.331 e. The van der Waals surface area contributed by atoms with Crippen LogP contribution >= 0.6 is 15.9 Å². The summed E-state index contributed by atoms with van der Waals surface area (Å²) in [5.74, 6) is 1.01. The molecule has 1 N–H and O–H groups in total. The molecule has 0 aliphatic carbocycles. The van der Waals surface area contributed by atoms with Crippen molar-refractivity contribution in [3.05, 3.63) is 50.5 Å². The summed E-state index contributed by atoms with van der Waals surface area (Å²) in [7, 11) is 0. The van der Waals surface area contributed by atoms with Crippen molar-refractivity contribution in [3.8, 4) is 11.6 Å². The molecular weight excluding hydrogens is 338 g/mol. The van der Waals surface area contributed by atoms with Crippen LogP contribution in [-0.2, 0) is 0 Å². The van der Waals surface area contributed by atoms with Crippen LogP contribution in [0.4, 0.5) is 11.5 Å². The third kappa shape index (κ3) is 3.69. The van der Waals surface area contributed by atoms with E-state index in [0.717, 1.165) is 10.0 Å². The predicted octanol–water partition coefficient (Wildman–Crippen LogP) is 4.28. The number of hydrogen-bond donors (Lipinski definition) is 1. The lowest BCUT2D eigenvalue weighted by atomic mass is 10.2. The second kappa shape index (κ2) is 6.53. The monoisotopic (exact) mass is 351 g/mol. The van der Waals surface area contributed by atoms with Crippen molar-refractivity contribution < 1.29 is 9.66 Å². The van der Waals surface area contributed by atoms with Gasteiger partial charge in [0.1, 0.15) is 11.6 Å². The molecule has 7 heteroatoms. The Morgan fingerprint density at radius 1 is 1.38 bits per heavy atom. The Bertz CT molecular complexity index is 677. The Morgan fingerprint density at radius 3 is 2.76 bits per heavy atom. The molecule has 2 aromatic rings. The summed E-state index contributed by atoms with van der Waals surface area (Å²) >= 11 is 3.40. The quantitative estimate of drug-likeness (QED) is 0.642. The van der Waals surface area contributed by atoms with Gasteiger partial charge in [-0.2, -0.15) is 4.98 Å². The average molecular weight is 352 g/mol. The fraction of sp³-hybridized carbons (Fsp3) is 0.214. The molecular formula is C14H14BrN3O3. The molecule has 0 saturated heterocycles. The van der Waals surface area contributed by atoms with E-state index in [-0.39, 0.29) is 11.6 Å². The first kappa shape index (κ1) is 15.2. The minimum Gasteiger partial charge on any atom is -0.434 e. The van der Waals surface area contributed by atoms with Crippen LogP contribution in [0.15, 0.2) is 34.8 Å². The van der Waals surface area contributed by atoms with E-state index in [2.05, 4.69) is 26.2 Å². The zero-order valence-corrected chi connectivity index (χ0v) is 13.2. The summed E-state index contributed by atoms with van der Waals surface area (Å²) in [5, 5.41) is 14.1. The van der Waals surface area contributed by atoms with Crippen molar-refractivity contribution in [1.29, 1.82) is 0 Å². The molecule has 0 fully saturated rings. The van der Waals surface area contributed by atoms with Crippen LogP contribution in [0.2, 0.25) is 0 Å². The maximum absolute atomic E-state index is 11.1. The van der Waals surface area contributed by atoms with Crippen molar-refractivity contribution >= 4 is 27.4 Å². The van der Waals surface area contributed by atoms with E-state index < -0.39 is 4.92 Å². The zero-order chi connectivity index (χ0) is 15.4. The standard InChI is InChI=1S/C14H14BrN3O3/c1-3-16-13-7-6-12(18(19)20)14(17-13)21-10-4-5-11(15)9(2)8-10/h4-8H,3H2,1-2H3,(H,16,17). The Balaban J connectivity index is 2.37. The number of hydrogen-bond acceptors (Lipinski definition) is 5. The van der Waals surface area contributed by atoms with Crippen LogP contribution in [0.25, 0.3) is 0 Å². The summed E-state index contributed by atoms with van der Waals surface area (Å²) in [6.07, 6.45) is 0. The summed E-state index contributed by atoms with van der Waals surface area (Å²) in [6.45, 7) is 4.50. The number of nitrogens with zero attached hydrogens (tertiary/aromatic N) is 2. The number of benzene rings is 1. The highest BCUT2D eigenvalue weighted by molar-refractivity contribution is 9.10. The zero-order valence-electron chi connectivity index (χ0n) is 11.6. The van der Waals surface area contributed by atoms with E-state index in [4.69, 9.17) is 4.74 Å². The number of pyridine rings is 1. The van der Waals surface area contributed by atoms with E-state index in [9.17, 15) is 10.1 Å². The van der Waals surface area contributed by atoms with Gasteiger partial charge in [-0.15, -0.1) is 0 Å². The van der Waals surface area contributed by atoms with E-state index in [1.54, 1.807) is 18.2 Å². The SMILES string of the molecule is CCNc1ccc([N+](=O)[O-])c(Oc2ccc(Br)c(C)c2)n1. The normalized spacial score (nSPS) is 10.2. The van der Waals surface area contributed by atoms with Gasteiger partial charge in [0.15, 0.2) is 0 Å². The lowest BCUT2D eigenvalue weighted by molar-refractivity contribution is -0.386. The first-order valence-corrected chi connectivity index (χ1v) is 7.14. The van der Waals surface area contributed by atoms with Gasteiger partial charge in [0.25, 0.3) is 0 Å². The summed E-state index contributed by atoms with van der Waals surface area (Å²) in [4.78, 5) is 14.7. The van der Waals surface area contributed by atoms with Crippen LogP contribution < -0.4 is 10.1 Å². The van der Waals surface area contributed by atoms with Gasteiger partial charge in [0.05, 0.1) is 4.92 Å². The van der Waals surface area contributed by atoms with Crippen molar-refractivity contribution in [2.45, 2.75) is 13.8 Å². The fourth-order valence-electron chi connectivity index (χ4n) is 1.72. The molecule has 0 atom stereocenters. The molecule has 0 spiro atoms. The number of anilines is 1. The minimum absolute atomic E-state index is 0.0276. The summed E-state index contributed by atoms with van der Waals surface area (Å²) < 4.78 is 6.52. The van der Waals surface area contributed by atoms with E-state index in [1.165, 1.54) is 6.07 Å². The minimum atomic E-state index is -0.510. The second-order valence-corrected chi connectivity index (χ2v) is 5.18. The van der Waals surface area contributed by atoms with Crippen LogP contribution in [0.3, 0.4) is 0 Å². The molecule has 0 radical (unpaired) electrons. The van der Waals surface area contributed by atoms with Gasteiger partial charge in [0.2, 0.25) is 0 Å². The third-order valence-electron chi connectivity index (χ3n) is 2.74. The molecule has 110 valence electrons. The van der Waals surface area contributed by atoms with Crippen LogP contribution in [-0.4, -0.2) is 16.5 Å². The molecule has 0 aliphatic rings. The van der Waals surface area contributed by atoms with Gasteiger partial charge in [-0.1, -0.05) is 15.9 Å². The second-order valence-electron chi connectivity index (χ2n) is 4.32. The van der Waals surface area contributed by atoms with Crippen LogP contribution in [0.1, 0.15) is 12.5 Å². The average Bonchev–Trinajstić information content (AvgIpc) is 2.43. The van der Waals surface area contributed by atoms with Gasteiger partial charge in [0, 0.05) is 17.1 Å². The molecule has 21 heavy (non-hydrogen) atoms. The molecule has 2 rings (SSSR count). The van der Waals surface area contributed by atoms with E-state index in [0.29, 0.717) is 18.1 Å². The number of aromatic nitrogens is 1. The number of halogens is 1. The summed E-state index contributed by atoms with van der Waals surface area (Å²) in [6, 6.07) is 8.27. The third-order valence-corrected chi connectivity index (χ3v) is 3.63. The highest BCUT2D eigenvalue weighted by atomic mass is 79.9. The Kier molecular flexibility index (Phi) is 4.74. The van der Waals surface area contributed by atoms with E-state index >= 15 is 0 Å². The van der Waals surface area contributed by atoms with Crippen LogP contribution in [0.5, 0.6) is 11.6 Å². The number of rotatable bonds is 5. The van der Waals surface area contributed by atoms with Crippen molar-refractivity contribution in [2.24, 2.45) is 0 Å². The van der Waals surface area contributed by atoms with Gasteiger partial charge in [-0.05, 0) is 43.7 Å². The highest BCUT2D eigenvalue weighted by Gasteiger charge is 2.18. The molecule has 1 aromatic carbocycles. The van der Waals surface area contributed by atoms with Crippen molar-refractivity contribution in [3.63, 3.8) is 0 Å². The van der Waals surface area contributed by atoms with Crippen molar-refractivity contribution in [2.75, 3.05) is 11.9 Å². The van der Waals surface area contributed by atoms with Gasteiger partial charge in [-0.25, -0.2) is 0 Å². The van der Waals surface area contributed by atoms with E-state index in [1.807, 2.05) is 19.9 Å². The first-order chi connectivity index (χ1) is 10.0.